The van der Waals surface area contributed by atoms with Crippen LogP contribution < -0.4 is 10.6 Å². The molecule has 6 aliphatic heterocycles. The Labute approximate surface area is 591 Å². The number of benzene rings is 1. The molecule has 0 atom stereocenters. The molecule has 0 radical (unpaired) electrons. The second-order valence-electron chi connectivity index (χ2n) is 28.3. The summed E-state index contributed by atoms with van der Waals surface area (Å²) in [5, 5.41) is 6.55. The normalized spacial score (nSPS) is 18.3. The van der Waals surface area contributed by atoms with E-state index in [1.807, 2.05) is 41.8 Å². The smallest absolute Gasteiger partial charge is 0.219 e. The van der Waals surface area contributed by atoms with Gasteiger partial charge in [0.1, 0.15) is 0 Å². The number of likely N-dealkylation sites (tertiary alicyclic amines) is 2. The largest absolute Gasteiger partial charge is 0.379 e. The van der Waals surface area contributed by atoms with Crippen molar-refractivity contribution in [3.05, 3.63) is 70.8 Å². The molecule has 2 aliphatic carbocycles. The van der Waals surface area contributed by atoms with Crippen molar-refractivity contribution in [2.45, 2.75) is 299 Å². The van der Waals surface area contributed by atoms with E-state index in [0.717, 1.165) is 121 Å². The second kappa shape index (κ2) is 75.5. The Morgan fingerprint density at radius 1 is 0.649 bits per heavy atom. The number of unbranched alkanes of at least 4 members (excludes halogenated alkanes) is 2. The third-order valence-corrected chi connectivity index (χ3v) is 17.4. The number of carbonyl (C=O) groups excluding carboxylic acids is 2. The third-order valence-electron chi connectivity index (χ3n) is 17.4. The van der Waals surface area contributed by atoms with Crippen LogP contribution in [-0.2, 0) is 19.1 Å². The number of carbonyl (C=O) groups is 2. The molecule has 8 aliphatic rings. The quantitative estimate of drug-likeness (QED) is 0.165. The molecule has 94 heavy (non-hydrogen) atoms. The Morgan fingerprint density at radius 3 is 1.37 bits per heavy atom. The number of piperidine rings is 3. The zero-order valence-electron chi connectivity index (χ0n) is 69.0. The number of morpholine rings is 1. The van der Waals surface area contributed by atoms with Gasteiger partial charge >= 0.3 is 0 Å². The van der Waals surface area contributed by atoms with Crippen molar-refractivity contribution in [3.8, 4) is 11.8 Å². The number of ether oxygens (including phenoxy) is 2. The van der Waals surface area contributed by atoms with Gasteiger partial charge in [0.15, 0.2) is 0 Å². The molecule has 9 rings (SSSR count). The number of hydrogen-bond donors (Lipinski definition) is 2. The molecule has 0 unspecified atom stereocenters. The lowest BCUT2D eigenvalue weighted by molar-refractivity contribution is -0.130. The third kappa shape index (κ3) is 82.9. The minimum atomic E-state index is -0.542. The van der Waals surface area contributed by atoms with Crippen LogP contribution in [0, 0.1) is 54.2 Å². The lowest BCUT2D eigenvalue weighted by Gasteiger charge is -2.29. The summed E-state index contributed by atoms with van der Waals surface area (Å²) < 4.78 is 23.8. The standard InChI is InChI=1S/C8H15NO.C7H13NO.C7H14.C7H12.C7H8.C6H13N.C6H11N.C6H10O.C6H14.C5H11NO.C5H13N.C5H12.C5H8.C4H10/c1-7-3-5-9(6-4-7)8(2)10;1-7-2-4-8(6-9)5-3-7;3*1-7-5-3-2-4-6-7;3*1-6-2-4-7-5-3-6;1-4-6(3)5-2;1-6-2-4-7-5-3-6;1-5(2)6(3)4;2*1-3-5-4-2;1-4(2)3/h7H,3-6H2,1-2H3;6-7H,2-5H2,1H3;7H,2-6H2,1H3;5H,2-4,6H2,1H3;2-6H,1H3;6-7H,2-5H2,1H3;2,7H,3-5H2,1H3;2H,3-5H2,1H3;6H,4-5H2,1-3H3;2-5H2,1H3;5H,1-4H3;3-5H2,1-2H3;3H2,1-2H3;4H,1-3H3/i;;;;;;;;;;;;;1D,4D. The molecule has 0 bridgehead atoms. The number of nitrogens with one attached hydrogen (secondary N) is 2. The number of aryl methyl sites for hydroxylation is 1. The molecule has 10 nitrogen and oxygen atoms in total. The number of amides is 2. The van der Waals surface area contributed by atoms with Gasteiger partial charge in [-0.05, 0) is 202 Å². The molecular formula is C84H164N6O4. The lowest BCUT2D eigenvalue weighted by Crippen LogP contribution is -2.36. The zero-order chi connectivity index (χ0) is 73.6. The Hall–Kier alpha value is -3.30. The minimum absolute atomic E-state index is 0.188. The lowest BCUT2D eigenvalue weighted by atomic mass is 9.91. The molecule has 6 heterocycles. The van der Waals surface area contributed by atoms with E-state index in [-0.39, 0.29) is 12.8 Å². The molecule has 2 amide bonds. The highest BCUT2D eigenvalue weighted by Gasteiger charge is 2.17. The van der Waals surface area contributed by atoms with Crippen molar-refractivity contribution in [2.75, 3.05) is 113 Å². The molecule has 2 N–H and O–H groups in total. The molecule has 1 aromatic carbocycles. The topological polar surface area (TPSA) is 89.6 Å². The van der Waals surface area contributed by atoms with E-state index in [2.05, 4.69) is 188 Å². The number of rotatable bonds is 6. The average molecular weight is 1320 g/mol. The zero-order valence-corrected chi connectivity index (χ0v) is 67.0. The van der Waals surface area contributed by atoms with Gasteiger partial charge in [-0.1, -0.05) is 225 Å². The van der Waals surface area contributed by atoms with E-state index in [4.69, 9.17) is 12.2 Å². The molecule has 1 saturated carbocycles. The van der Waals surface area contributed by atoms with Crippen LogP contribution in [0.15, 0.2) is 65.3 Å². The summed E-state index contributed by atoms with van der Waals surface area (Å²) in [5.74, 6) is 9.90. The summed E-state index contributed by atoms with van der Waals surface area (Å²) in [4.78, 5) is 29.2. The Balaban J connectivity index is -0.000000311. The molecular weight excluding hydrogens is 1160 g/mol. The highest BCUT2D eigenvalue weighted by Crippen LogP contribution is 2.22. The van der Waals surface area contributed by atoms with Gasteiger partial charge in [-0.25, -0.2) is 0 Å². The highest BCUT2D eigenvalue weighted by atomic mass is 16.5. The van der Waals surface area contributed by atoms with Gasteiger partial charge in [-0.15, -0.1) is 11.8 Å². The van der Waals surface area contributed by atoms with Crippen molar-refractivity contribution < 1.29 is 21.8 Å². The van der Waals surface area contributed by atoms with E-state index in [9.17, 15) is 9.59 Å². The monoisotopic (exact) mass is 1320 g/mol. The van der Waals surface area contributed by atoms with Gasteiger partial charge in [-0.2, -0.15) is 0 Å². The van der Waals surface area contributed by atoms with Gasteiger partial charge in [0.2, 0.25) is 12.3 Å². The molecule has 554 valence electrons. The van der Waals surface area contributed by atoms with Crippen molar-refractivity contribution in [2.24, 2.45) is 35.5 Å². The van der Waals surface area contributed by atoms with Crippen LogP contribution in [0.3, 0.4) is 0 Å². The first-order valence-corrected chi connectivity index (χ1v) is 38.2. The molecule has 0 spiro atoms. The second-order valence-corrected chi connectivity index (χ2v) is 28.3. The highest BCUT2D eigenvalue weighted by molar-refractivity contribution is 5.73. The van der Waals surface area contributed by atoms with Gasteiger partial charge < -0.3 is 39.7 Å². The molecule has 10 heteroatoms. The van der Waals surface area contributed by atoms with Crippen molar-refractivity contribution >= 4 is 12.3 Å². The van der Waals surface area contributed by atoms with Crippen molar-refractivity contribution in [1.29, 1.82) is 0 Å². The number of allylic oxidation sites excluding steroid dienone is 2. The summed E-state index contributed by atoms with van der Waals surface area (Å²) in [5.41, 5.74) is 5.90. The first kappa shape index (κ1) is 94.9. The van der Waals surface area contributed by atoms with Gasteiger partial charge in [0.25, 0.3) is 0 Å². The summed E-state index contributed by atoms with van der Waals surface area (Å²) in [6.45, 7) is 56.8. The Kier molecular flexibility index (Phi) is 76.2. The van der Waals surface area contributed by atoms with Crippen molar-refractivity contribution in [3.63, 3.8) is 0 Å². The van der Waals surface area contributed by atoms with Crippen LogP contribution in [-0.4, -0.2) is 151 Å². The van der Waals surface area contributed by atoms with E-state index in [0.29, 0.717) is 6.04 Å². The first-order valence-electron chi connectivity index (χ1n) is 39.4. The Bertz CT molecular complexity index is 1820. The van der Waals surface area contributed by atoms with E-state index < -0.39 is 5.89 Å². The number of likely N-dealkylation sites (N-methyl/N-ethyl adjacent to an activating group) is 1. The molecule has 4 saturated heterocycles. The molecule has 5 fully saturated rings. The van der Waals surface area contributed by atoms with Crippen LogP contribution in [0.25, 0.3) is 0 Å². The summed E-state index contributed by atoms with van der Waals surface area (Å²) in [7, 11) is 6.26. The number of hydrogen-bond acceptors (Lipinski definition) is 8. The van der Waals surface area contributed by atoms with Gasteiger partial charge in [-0.3, -0.25) is 9.59 Å². The Morgan fingerprint density at radius 2 is 1.15 bits per heavy atom. The molecule has 1 aromatic rings. The maximum atomic E-state index is 10.8. The van der Waals surface area contributed by atoms with E-state index in [1.54, 1.807) is 26.3 Å². The fourth-order valence-corrected chi connectivity index (χ4v) is 9.09. The SMILES string of the molecule is CC#CCC.CC(=O)N1CCC(C)CC1.CC(C)N(C)C.CC1=CCCCC1.CC1=CCNCC1.CC1=CCOCC1.CC1CCCCC1.CC1CCN(C=O)CC1.CC1CCNCC1.CCC(C)CC.CCCCC.CN1CCOCC1.Cc1ccccc1.[2H]CC([2H])(C)C. The van der Waals surface area contributed by atoms with Crippen LogP contribution in [0.1, 0.15) is 294 Å². The van der Waals surface area contributed by atoms with Crippen LogP contribution in [0.2, 0.25) is 0 Å². The maximum absolute atomic E-state index is 10.8. The minimum Gasteiger partial charge on any atom is -0.379 e. The van der Waals surface area contributed by atoms with E-state index >= 15 is 0 Å². The van der Waals surface area contributed by atoms with Gasteiger partial charge in [0, 0.05) is 67.9 Å². The summed E-state index contributed by atoms with van der Waals surface area (Å²) in [6, 6.07) is 10.9. The number of nitrogens with zero attached hydrogens (tertiary/aromatic N) is 4. The maximum Gasteiger partial charge on any atom is 0.219 e. The van der Waals surface area contributed by atoms with Crippen molar-refractivity contribution in [1.82, 2.24) is 30.2 Å². The van der Waals surface area contributed by atoms with E-state index in [1.165, 1.54) is 171 Å². The van der Waals surface area contributed by atoms with Crippen LogP contribution >= 0.6 is 0 Å². The summed E-state index contributed by atoms with van der Waals surface area (Å²) >= 11 is 0. The summed E-state index contributed by atoms with van der Waals surface area (Å²) in [6.07, 6.45) is 38.2. The predicted molar refractivity (Wildman–Crippen MR) is 420 cm³/mol. The predicted octanol–water partition coefficient (Wildman–Crippen LogP) is 21.1. The van der Waals surface area contributed by atoms with Crippen LogP contribution in [0.5, 0.6) is 0 Å². The average Bonchev–Trinajstić information content (AvgIpc) is 2.44. The van der Waals surface area contributed by atoms with Crippen LogP contribution in [0.4, 0.5) is 0 Å². The fraction of sp³-hybridized carbons (Fsp3) is 0.810. The molecule has 0 aromatic heterocycles. The van der Waals surface area contributed by atoms with Gasteiger partial charge in [0.05, 0.1) is 26.4 Å². The fourth-order valence-electron chi connectivity index (χ4n) is 9.09. The first-order chi connectivity index (χ1) is 45.6.